The summed E-state index contributed by atoms with van der Waals surface area (Å²) in [6.45, 7) is 4.08. The Bertz CT molecular complexity index is 423. The summed E-state index contributed by atoms with van der Waals surface area (Å²) in [4.78, 5) is 11.1. The molecule has 1 N–H and O–H groups in total. The first-order chi connectivity index (χ1) is 7.16. The van der Waals surface area contributed by atoms with Gasteiger partial charge in [-0.1, -0.05) is 36.8 Å². The average molecular weight is 202 g/mol. The van der Waals surface area contributed by atoms with E-state index >= 15 is 0 Å². The van der Waals surface area contributed by atoms with E-state index in [1.165, 1.54) is 5.56 Å². The third-order valence-corrected chi connectivity index (χ3v) is 2.57. The van der Waals surface area contributed by atoms with Gasteiger partial charge < -0.3 is 0 Å². The van der Waals surface area contributed by atoms with Gasteiger partial charge in [0, 0.05) is 12.3 Å². The summed E-state index contributed by atoms with van der Waals surface area (Å²) in [6.07, 6.45) is 0.521. The molecule has 0 aromatic heterocycles. The Morgan fingerprint density at radius 3 is 2.93 bits per heavy atom. The van der Waals surface area contributed by atoms with Gasteiger partial charge in [0.1, 0.15) is 0 Å². The van der Waals surface area contributed by atoms with Crippen LogP contribution in [-0.4, -0.2) is 11.6 Å². The quantitative estimate of drug-likeness (QED) is 0.742. The van der Waals surface area contributed by atoms with Crippen LogP contribution in [0.1, 0.15) is 24.5 Å². The highest BCUT2D eigenvalue weighted by Gasteiger charge is 2.21. The predicted octanol–water partition coefficient (Wildman–Crippen LogP) is 1.86. The van der Waals surface area contributed by atoms with Crippen molar-refractivity contribution in [1.29, 1.82) is 0 Å². The molecule has 1 aliphatic rings. The van der Waals surface area contributed by atoms with Crippen LogP contribution in [0.5, 0.6) is 0 Å². The van der Waals surface area contributed by atoms with Crippen molar-refractivity contribution in [3.63, 3.8) is 0 Å². The fourth-order valence-electron chi connectivity index (χ4n) is 1.81. The van der Waals surface area contributed by atoms with Gasteiger partial charge in [-0.2, -0.15) is 5.10 Å². The normalized spacial score (nSPS) is 20.8. The fraction of sp³-hybridized carbons (Fsp3) is 0.333. The smallest absolute Gasteiger partial charge is 0.240 e. The van der Waals surface area contributed by atoms with Crippen molar-refractivity contribution in [3.05, 3.63) is 35.4 Å². The van der Waals surface area contributed by atoms with E-state index in [0.717, 1.165) is 11.3 Å². The van der Waals surface area contributed by atoms with Crippen LogP contribution < -0.4 is 5.43 Å². The van der Waals surface area contributed by atoms with Crippen molar-refractivity contribution in [1.82, 2.24) is 5.43 Å². The first kappa shape index (κ1) is 9.90. The van der Waals surface area contributed by atoms with E-state index in [0.29, 0.717) is 6.42 Å². The lowest BCUT2D eigenvalue weighted by Gasteiger charge is -2.19. The second kappa shape index (κ2) is 3.85. The number of rotatable bonds is 1. The Labute approximate surface area is 89.2 Å². The molecule has 2 rings (SSSR count). The molecule has 0 saturated carbocycles. The minimum atomic E-state index is -0.00102. The second-order valence-electron chi connectivity index (χ2n) is 4.01. The van der Waals surface area contributed by atoms with E-state index in [1.807, 2.05) is 19.1 Å². The van der Waals surface area contributed by atoms with Crippen molar-refractivity contribution in [2.45, 2.75) is 20.3 Å². The Balaban J connectivity index is 2.35. The van der Waals surface area contributed by atoms with Crippen LogP contribution in [0.3, 0.4) is 0 Å². The molecular weight excluding hydrogens is 188 g/mol. The molecule has 1 heterocycles. The van der Waals surface area contributed by atoms with E-state index in [-0.39, 0.29) is 11.8 Å². The summed E-state index contributed by atoms with van der Waals surface area (Å²) in [5, 5.41) is 4.12. The maximum Gasteiger partial charge on any atom is 0.240 e. The van der Waals surface area contributed by atoms with Crippen LogP contribution in [0.4, 0.5) is 0 Å². The Hall–Kier alpha value is -1.64. The zero-order valence-corrected chi connectivity index (χ0v) is 8.95. The lowest BCUT2D eigenvalue weighted by Crippen LogP contribution is -2.31. The zero-order valence-electron chi connectivity index (χ0n) is 8.95. The van der Waals surface area contributed by atoms with Crippen LogP contribution in [0, 0.1) is 12.8 Å². The zero-order chi connectivity index (χ0) is 10.8. The number of amides is 1. The highest BCUT2D eigenvalue weighted by atomic mass is 16.2. The van der Waals surface area contributed by atoms with Gasteiger partial charge in [0.15, 0.2) is 0 Å². The Morgan fingerprint density at radius 1 is 1.47 bits per heavy atom. The summed E-state index contributed by atoms with van der Waals surface area (Å²) in [7, 11) is 0. The molecular formula is C12H14N2O. The minimum absolute atomic E-state index is 0.00102. The summed E-state index contributed by atoms with van der Waals surface area (Å²) in [5.74, 6) is 0.194. The summed E-state index contributed by atoms with van der Waals surface area (Å²) in [6, 6.07) is 8.18. The summed E-state index contributed by atoms with van der Waals surface area (Å²) >= 11 is 0. The van der Waals surface area contributed by atoms with Crippen molar-refractivity contribution in [2.75, 3.05) is 0 Å². The monoisotopic (exact) mass is 202 g/mol. The maximum absolute atomic E-state index is 11.1. The minimum Gasteiger partial charge on any atom is -0.273 e. The van der Waals surface area contributed by atoms with Crippen molar-refractivity contribution in [2.24, 2.45) is 11.0 Å². The average Bonchev–Trinajstić information content (AvgIpc) is 2.17. The SMILES string of the molecule is Cc1cccc(C2=NNC(=O)CC2C)c1. The number of aryl methyl sites for hydroxylation is 1. The lowest BCUT2D eigenvalue weighted by atomic mass is 9.93. The topological polar surface area (TPSA) is 41.5 Å². The van der Waals surface area contributed by atoms with Gasteiger partial charge in [0.05, 0.1) is 5.71 Å². The van der Waals surface area contributed by atoms with Gasteiger partial charge in [-0.3, -0.25) is 4.79 Å². The number of nitrogens with zero attached hydrogens (tertiary/aromatic N) is 1. The highest BCUT2D eigenvalue weighted by Crippen LogP contribution is 2.16. The number of hydrogen-bond donors (Lipinski definition) is 1. The molecule has 1 aromatic carbocycles. The van der Waals surface area contributed by atoms with Crippen molar-refractivity contribution >= 4 is 11.6 Å². The van der Waals surface area contributed by atoms with Gasteiger partial charge in [-0.05, 0) is 12.5 Å². The molecule has 1 aliphatic heterocycles. The molecule has 0 aliphatic carbocycles. The number of nitrogens with one attached hydrogen (secondary N) is 1. The fourth-order valence-corrected chi connectivity index (χ4v) is 1.81. The van der Waals surface area contributed by atoms with E-state index in [1.54, 1.807) is 0 Å². The first-order valence-corrected chi connectivity index (χ1v) is 5.10. The van der Waals surface area contributed by atoms with E-state index in [4.69, 9.17) is 0 Å². The first-order valence-electron chi connectivity index (χ1n) is 5.10. The number of hydrogen-bond acceptors (Lipinski definition) is 2. The largest absolute Gasteiger partial charge is 0.273 e. The standard InChI is InChI=1S/C12H14N2O/c1-8-4-3-5-10(6-8)12-9(2)7-11(15)13-14-12/h3-6,9H,7H2,1-2H3,(H,13,15). The Morgan fingerprint density at radius 2 is 2.27 bits per heavy atom. The molecule has 78 valence electrons. The number of carbonyl (C=O) groups excluding carboxylic acids is 1. The van der Waals surface area contributed by atoms with Gasteiger partial charge in [-0.15, -0.1) is 0 Å². The predicted molar refractivity (Wildman–Crippen MR) is 59.6 cm³/mol. The van der Waals surface area contributed by atoms with Crippen LogP contribution in [0.2, 0.25) is 0 Å². The Kier molecular flexibility index (Phi) is 2.54. The molecule has 3 heteroatoms. The lowest BCUT2D eigenvalue weighted by molar-refractivity contribution is -0.121. The van der Waals surface area contributed by atoms with Gasteiger partial charge in [-0.25, -0.2) is 5.43 Å². The number of benzene rings is 1. The van der Waals surface area contributed by atoms with Crippen LogP contribution in [0.15, 0.2) is 29.4 Å². The molecule has 0 bridgehead atoms. The van der Waals surface area contributed by atoms with Crippen LogP contribution in [-0.2, 0) is 4.79 Å². The molecule has 0 radical (unpaired) electrons. The molecule has 1 atom stereocenters. The highest BCUT2D eigenvalue weighted by molar-refractivity contribution is 6.05. The van der Waals surface area contributed by atoms with Crippen molar-refractivity contribution < 1.29 is 4.79 Å². The molecule has 1 aromatic rings. The van der Waals surface area contributed by atoms with Crippen molar-refractivity contribution in [3.8, 4) is 0 Å². The summed E-state index contributed by atoms with van der Waals surface area (Å²) in [5.41, 5.74) is 5.81. The van der Waals surface area contributed by atoms with Gasteiger partial charge in [0.2, 0.25) is 5.91 Å². The molecule has 1 unspecified atom stereocenters. The van der Waals surface area contributed by atoms with Gasteiger partial charge >= 0.3 is 0 Å². The van der Waals surface area contributed by atoms with Gasteiger partial charge in [0.25, 0.3) is 0 Å². The van der Waals surface area contributed by atoms with E-state index in [2.05, 4.69) is 29.6 Å². The van der Waals surface area contributed by atoms with Crippen LogP contribution in [0.25, 0.3) is 0 Å². The number of hydrazone groups is 1. The van der Waals surface area contributed by atoms with E-state index in [9.17, 15) is 4.79 Å². The maximum atomic E-state index is 11.1. The molecule has 15 heavy (non-hydrogen) atoms. The molecule has 3 nitrogen and oxygen atoms in total. The van der Waals surface area contributed by atoms with E-state index < -0.39 is 0 Å². The van der Waals surface area contributed by atoms with Crippen LogP contribution >= 0.6 is 0 Å². The molecule has 0 spiro atoms. The molecule has 0 saturated heterocycles. The summed E-state index contributed by atoms with van der Waals surface area (Å²) < 4.78 is 0. The third-order valence-electron chi connectivity index (χ3n) is 2.57. The third kappa shape index (κ3) is 2.06. The second-order valence-corrected chi connectivity index (χ2v) is 4.01. The molecule has 0 fully saturated rings. The molecule has 1 amide bonds. The number of carbonyl (C=O) groups is 1.